The standard InChI is InChI=1S/C12H15N3O3S2/c1-8-6-9(2-3-10(8)12(13)19)20(17,18)15-5-4-14-11(16)7-15/h2-3,6H,4-5,7H2,1H3,(H2,13,19)(H,14,16). The Bertz CT molecular complexity index is 671. The Balaban J connectivity index is 2.37. The molecule has 1 aromatic carbocycles. The summed E-state index contributed by atoms with van der Waals surface area (Å²) >= 11 is 4.89. The van der Waals surface area contributed by atoms with Crippen molar-refractivity contribution in [1.82, 2.24) is 9.62 Å². The minimum atomic E-state index is -3.67. The summed E-state index contributed by atoms with van der Waals surface area (Å²) in [4.78, 5) is 11.7. The first-order valence-corrected chi connectivity index (χ1v) is 7.84. The molecule has 108 valence electrons. The predicted octanol–water partition coefficient (Wildman–Crippen LogP) is -0.250. The number of nitrogens with one attached hydrogen (secondary N) is 1. The van der Waals surface area contributed by atoms with Crippen LogP contribution in [0.5, 0.6) is 0 Å². The molecule has 0 spiro atoms. The highest BCUT2D eigenvalue weighted by Crippen LogP contribution is 2.20. The minimum Gasteiger partial charge on any atom is -0.389 e. The van der Waals surface area contributed by atoms with Crippen molar-refractivity contribution in [3.05, 3.63) is 29.3 Å². The smallest absolute Gasteiger partial charge is 0.243 e. The van der Waals surface area contributed by atoms with E-state index in [1.54, 1.807) is 13.0 Å². The maximum atomic E-state index is 12.4. The maximum absolute atomic E-state index is 12.4. The van der Waals surface area contributed by atoms with Crippen molar-refractivity contribution < 1.29 is 13.2 Å². The fourth-order valence-electron chi connectivity index (χ4n) is 2.04. The van der Waals surface area contributed by atoms with Gasteiger partial charge in [0.2, 0.25) is 15.9 Å². The van der Waals surface area contributed by atoms with E-state index >= 15 is 0 Å². The van der Waals surface area contributed by atoms with Gasteiger partial charge in [-0.2, -0.15) is 4.31 Å². The van der Waals surface area contributed by atoms with E-state index in [2.05, 4.69) is 5.32 Å². The molecule has 0 unspecified atom stereocenters. The van der Waals surface area contributed by atoms with Crippen molar-refractivity contribution in [2.45, 2.75) is 11.8 Å². The lowest BCUT2D eigenvalue weighted by molar-refractivity contribution is -0.122. The first kappa shape index (κ1) is 14.9. The Morgan fingerprint density at radius 2 is 2.15 bits per heavy atom. The van der Waals surface area contributed by atoms with Crippen LogP contribution in [0.1, 0.15) is 11.1 Å². The van der Waals surface area contributed by atoms with Gasteiger partial charge in [0.15, 0.2) is 0 Å². The number of thiocarbonyl (C=S) groups is 1. The molecule has 0 aliphatic carbocycles. The Morgan fingerprint density at radius 1 is 1.45 bits per heavy atom. The highest BCUT2D eigenvalue weighted by Gasteiger charge is 2.29. The Kier molecular flexibility index (Phi) is 4.07. The van der Waals surface area contributed by atoms with Gasteiger partial charge in [-0.1, -0.05) is 18.3 Å². The lowest BCUT2D eigenvalue weighted by Gasteiger charge is -2.26. The first-order valence-electron chi connectivity index (χ1n) is 5.99. The normalized spacial score (nSPS) is 16.8. The summed E-state index contributed by atoms with van der Waals surface area (Å²) in [6.07, 6.45) is 0. The van der Waals surface area contributed by atoms with Crippen molar-refractivity contribution in [3.63, 3.8) is 0 Å². The van der Waals surface area contributed by atoms with E-state index < -0.39 is 10.0 Å². The van der Waals surface area contributed by atoms with E-state index in [4.69, 9.17) is 18.0 Å². The molecule has 0 atom stereocenters. The molecule has 6 nitrogen and oxygen atoms in total. The monoisotopic (exact) mass is 313 g/mol. The maximum Gasteiger partial charge on any atom is 0.243 e. The molecule has 1 aromatic rings. The van der Waals surface area contributed by atoms with Crippen LogP contribution in [0.2, 0.25) is 0 Å². The van der Waals surface area contributed by atoms with E-state index in [0.29, 0.717) is 17.7 Å². The van der Waals surface area contributed by atoms with Crippen LogP contribution in [-0.2, 0) is 14.8 Å². The molecule has 20 heavy (non-hydrogen) atoms. The predicted molar refractivity (Wildman–Crippen MR) is 78.8 cm³/mol. The molecular weight excluding hydrogens is 298 g/mol. The van der Waals surface area contributed by atoms with Crippen LogP contribution in [0.3, 0.4) is 0 Å². The van der Waals surface area contributed by atoms with E-state index in [-0.39, 0.29) is 28.9 Å². The third-order valence-corrected chi connectivity index (χ3v) is 5.17. The van der Waals surface area contributed by atoms with Gasteiger partial charge in [0.05, 0.1) is 11.4 Å². The fraction of sp³-hybridized carbons (Fsp3) is 0.333. The second kappa shape index (κ2) is 5.47. The second-order valence-electron chi connectivity index (χ2n) is 4.53. The molecule has 1 aliphatic rings. The van der Waals surface area contributed by atoms with Gasteiger partial charge < -0.3 is 11.1 Å². The SMILES string of the molecule is Cc1cc(S(=O)(=O)N2CCNC(=O)C2)ccc1C(N)=S. The molecule has 0 radical (unpaired) electrons. The highest BCUT2D eigenvalue weighted by molar-refractivity contribution is 7.89. The van der Waals surface area contributed by atoms with Crippen molar-refractivity contribution >= 4 is 33.1 Å². The zero-order valence-electron chi connectivity index (χ0n) is 10.9. The van der Waals surface area contributed by atoms with Gasteiger partial charge in [0.25, 0.3) is 0 Å². The quantitative estimate of drug-likeness (QED) is 0.751. The molecule has 1 saturated heterocycles. The Hall–Kier alpha value is -1.51. The molecular formula is C12H15N3O3S2. The van der Waals surface area contributed by atoms with E-state index in [1.807, 2.05) is 0 Å². The summed E-state index contributed by atoms with van der Waals surface area (Å²) in [5.74, 6) is -0.295. The number of piperazine rings is 1. The van der Waals surface area contributed by atoms with Gasteiger partial charge in [-0.25, -0.2) is 8.42 Å². The van der Waals surface area contributed by atoms with Crippen LogP contribution in [0, 0.1) is 6.92 Å². The number of sulfonamides is 1. The molecule has 1 amide bonds. The third-order valence-electron chi connectivity index (χ3n) is 3.10. The number of carbonyl (C=O) groups excluding carboxylic acids is 1. The summed E-state index contributed by atoms with van der Waals surface area (Å²) in [6, 6.07) is 4.58. The van der Waals surface area contributed by atoms with Gasteiger partial charge in [-0.05, 0) is 24.6 Å². The van der Waals surface area contributed by atoms with Crippen LogP contribution in [0.15, 0.2) is 23.1 Å². The molecule has 0 aromatic heterocycles. The van der Waals surface area contributed by atoms with Crippen molar-refractivity contribution in [3.8, 4) is 0 Å². The number of hydrogen-bond acceptors (Lipinski definition) is 4. The topological polar surface area (TPSA) is 92.5 Å². The lowest BCUT2D eigenvalue weighted by atomic mass is 10.1. The van der Waals surface area contributed by atoms with Gasteiger partial charge in [-0.15, -0.1) is 0 Å². The van der Waals surface area contributed by atoms with Gasteiger partial charge >= 0.3 is 0 Å². The Morgan fingerprint density at radius 3 is 2.70 bits per heavy atom. The zero-order valence-corrected chi connectivity index (χ0v) is 12.6. The summed E-state index contributed by atoms with van der Waals surface area (Å²) in [5.41, 5.74) is 6.90. The van der Waals surface area contributed by atoms with Crippen LogP contribution >= 0.6 is 12.2 Å². The Labute approximate surface area is 123 Å². The van der Waals surface area contributed by atoms with Gasteiger partial charge in [0.1, 0.15) is 4.99 Å². The molecule has 2 rings (SSSR count). The number of nitrogens with zero attached hydrogens (tertiary/aromatic N) is 1. The van der Waals surface area contributed by atoms with Crippen LogP contribution < -0.4 is 11.1 Å². The average molecular weight is 313 g/mol. The van der Waals surface area contributed by atoms with E-state index in [9.17, 15) is 13.2 Å². The molecule has 1 fully saturated rings. The lowest BCUT2D eigenvalue weighted by Crippen LogP contribution is -2.49. The number of aryl methyl sites for hydroxylation is 1. The summed E-state index contributed by atoms with van der Waals surface area (Å²) in [5, 5.41) is 2.59. The summed E-state index contributed by atoms with van der Waals surface area (Å²) < 4.78 is 26.1. The number of amides is 1. The van der Waals surface area contributed by atoms with Crippen molar-refractivity contribution in [2.24, 2.45) is 5.73 Å². The van der Waals surface area contributed by atoms with Crippen molar-refractivity contribution in [1.29, 1.82) is 0 Å². The number of benzene rings is 1. The molecule has 0 bridgehead atoms. The molecule has 1 heterocycles. The number of hydrogen-bond donors (Lipinski definition) is 2. The molecule has 1 aliphatic heterocycles. The van der Waals surface area contributed by atoms with Crippen LogP contribution in [0.25, 0.3) is 0 Å². The number of carbonyl (C=O) groups is 1. The van der Waals surface area contributed by atoms with Crippen LogP contribution in [-0.4, -0.2) is 43.3 Å². The fourth-order valence-corrected chi connectivity index (χ4v) is 3.75. The van der Waals surface area contributed by atoms with Gasteiger partial charge in [-0.3, -0.25) is 4.79 Å². The van der Waals surface area contributed by atoms with Crippen LogP contribution in [0.4, 0.5) is 0 Å². The largest absolute Gasteiger partial charge is 0.389 e. The summed E-state index contributed by atoms with van der Waals surface area (Å²) in [7, 11) is -3.67. The molecule has 8 heteroatoms. The molecule has 0 saturated carbocycles. The minimum absolute atomic E-state index is 0.143. The van der Waals surface area contributed by atoms with Crippen molar-refractivity contribution in [2.75, 3.05) is 19.6 Å². The second-order valence-corrected chi connectivity index (χ2v) is 6.91. The van der Waals surface area contributed by atoms with E-state index in [0.717, 1.165) is 0 Å². The van der Waals surface area contributed by atoms with E-state index in [1.165, 1.54) is 16.4 Å². The number of nitrogens with two attached hydrogens (primary N) is 1. The third kappa shape index (κ3) is 2.82. The summed E-state index contributed by atoms with van der Waals surface area (Å²) in [6.45, 7) is 2.18. The zero-order chi connectivity index (χ0) is 14.9. The first-order chi connectivity index (χ1) is 9.32. The molecule has 3 N–H and O–H groups in total. The highest BCUT2D eigenvalue weighted by atomic mass is 32.2. The average Bonchev–Trinajstić information content (AvgIpc) is 2.38. The number of rotatable bonds is 3. The van der Waals surface area contributed by atoms with Gasteiger partial charge in [0, 0.05) is 18.7 Å².